The Morgan fingerprint density at radius 2 is 2.50 bits per heavy atom. The van der Waals surface area contributed by atoms with E-state index in [4.69, 9.17) is 0 Å². The van der Waals surface area contributed by atoms with Gasteiger partial charge < -0.3 is 4.74 Å². The first-order chi connectivity index (χ1) is 3.91. The van der Waals surface area contributed by atoms with Gasteiger partial charge in [0, 0.05) is 13.8 Å². The second-order valence-corrected chi connectivity index (χ2v) is 1.18. The Morgan fingerprint density at radius 1 is 1.75 bits per heavy atom. The second-order valence-electron chi connectivity index (χ2n) is 1.18. The summed E-state index contributed by atoms with van der Waals surface area (Å²) in [6, 6.07) is 0. The van der Waals surface area contributed by atoms with Gasteiger partial charge in [0.1, 0.15) is 0 Å². The SMILES string of the molecule is C=NNCNCOC. The Morgan fingerprint density at radius 3 is 3.00 bits per heavy atom. The molecule has 0 fully saturated rings. The molecule has 0 aromatic carbocycles. The maximum Gasteiger partial charge on any atom is 0.0975 e. The maximum absolute atomic E-state index is 4.68. The summed E-state index contributed by atoms with van der Waals surface area (Å²) >= 11 is 0. The Kier molecular flexibility index (Phi) is 5.90. The first kappa shape index (κ1) is 7.39. The van der Waals surface area contributed by atoms with E-state index >= 15 is 0 Å². The van der Waals surface area contributed by atoms with E-state index in [1.165, 1.54) is 0 Å². The number of rotatable bonds is 5. The molecule has 0 aromatic heterocycles. The average molecular weight is 117 g/mol. The van der Waals surface area contributed by atoms with Crippen molar-refractivity contribution in [3.63, 3.8) is 0 Å². The topological polar surface area (TPSA) is 45.7 Å². The molecule has 0 saturated carbocycles. The van der Waals surface area contributed by atoms with Crippen molar-refractivity contribution >= 4 is 6.72 Å². The highest BCUT2D eigenvalue weighted by molar-refractivity contribution is 5.22. The third kappa shape index (κ3) is 5.39. The van der Waals surface area contributed by atoms with Gasteiger partial charge in [0.2, 0.25) is 0 Å². The summed E-state index contributed by atoms with van der Waals surface area (Å²) in [5.41, 5.74) is 2.61. The van der Waals surface area contributed by atoms with E-state index in [1.54, 1.807) is 7.11 Å². The van der Waals surface area contributed by atoms with Crippen LogP contribution in [0, 0.1) is 0 Å². The predicted molar refractivity (Wildman–Crippen MR) is 32.6 cm³/mol. The smallest absolute Gasteiger partial charge is 0.0975 e. The minimum atomic E-state index is 0.530. The van der Waals surface area contributed by atoms with E-state index in [0.717, 1.165) is 0 Å². The molecule has 0 aromatic rings. The van der Waals surface area contributed by atoms with Crippen molar-refractivity contribution < 1.29 is 4.74 Å². The lowest BCUT2D eigenvalue weighted by atomic mass is 11.0. The molecule has 0 bridgehead atoms. The van der Waals surface area contributed by atoms with E-state index in [1.807, 2.05) is 0 Å². The van der Waals surface area contributed by atoms with Crippen molar-refractivity contribution in [3.05, 3.63) is 0 Å². The van der Waals surface area contributed by atoms with Crippen molar-refractivity contribution in [2.45, 2.75) is 0 Å². The number of hydrogen-bond donors (Lipinski definition) is 2. The van der Waals surface area contributed by atoms with Crippen LogP contribution in [0.15, 0.2) is 5.10 Å². The van der Waals surface area contributed by atoms with Crippen molar-refractivity contribution in [2.24, 2.45) is 5.10 Å². The highest BCUT2D eigenvalue weighted by Crippen LogP contribution is 1.55. The quantitative estimate of drug-likeness (QED) is 0.217. The van der Waals surface area contributed by atoms with E-state index in [-0.39, 0.29) is 0 Å². The maximum atomic E-state index is 4.68. The number of ether oxygens (including phenoxy) is 1. The van der Waals surface area contributed by atoms with Gasteiger partial charge in [-0.3, -0.25) is 10.7 Å². The standard InChI is InChI=1S/C4H11N3O/c1-5-7-3-6-4-8-2/h6-7H,1,3-4H2,2H3. The van der Waals surface area contributed by atoms with Gasteiger partial charge in [-0.05, 0) is 0 Å². The lowest BCUT2D eigenvalue weighted by Gasteiger charge is -1.99. The Balaban J connectivity index is 2.62. The van der Waals surface area contributed by atoms with E-state index in [2.05, 4.69) is 27.3 Å². The van der Waals surface area contributed by atoms with Gasteiger partial charge in [0.15, 0.2) is 0 Å². The monoisotopic (exact) mass is 117 g/mol. The zero-order valence-corrected chi connectivity index (χ0v) is 4.98. The van der Waals surface area contributed by atoms with Crippen LogP contribution in [0.4, 0.5) is 0 Å². The summed E-state index contributed by atoms with van der Waals surface area (Å²) in [6.07, 6.45) is 0. The summed E-state index contributed by atoms with van der Waals surface area (Å²) in [7, 11) is 1.62. The van der Waals surface area contributed by atoms with Crippen molar-refractivity contribution in [3.8, 4) is 0 Å². The highest BCUT2D eigenvalue weighted by atomic mass is 16.5. The number of hydrazone groups is 1. The summed E-state index contributed by atoms with van der Waals surface area (Å²) in [5, 5.41) is 6.26. The fraction of sp³-hybridized carbons (Fsp3) is 0.750. The van der Waals surface area contributed by atoms with Crippen LogP contribution in [0.1, 0.15) is 0 Å². The first-order valence-electron chi connectivity index (χ1n) is 2.30. The largest absolute Gasteiger partial charge is 0.369 e. The van der Waals surface area contributed by atoms with Gasteiger partial charge in [0.05, 0.1) is 13.4 Å². The van der Waals surface area contributed by atoms with Gasteiger partial charge in [-0.1, -0.05) is 0 Å². The summed E-state index contributed by atoms with van der Waals surface area (Å²) < 4.78 is 4.68. The molecule has 0 aliphatic rings. The molecule has 0 amide bonds. The summed E-state index contributed by atoms with van der Waals surface area (Å²) in [5.74, 6) is 0. The molecule has 0 saturated heterocycles. The lowest BCUT2D eigenvalue weighted by Crippen LogP contribution is -2.26. The molecule has 4 nitrogen and oxygen atoms in total. The van der Waals surface area contributed by atoms with E-state index < -0.39 is 0 Å². The molecule has 48 valence electrons. The highest BCUT2D eigenvalue weighted by Gasteiger charge is 1.75. The van der Waals surface area contributed by atoms with Gasteiger partial charge >= 0.3 is 0 Å². The number of methoxy groups -OCH3 is 1. The van der Waals surface area contributed by atoms with Crippen LogP contribution in [0.2, 0.25) is 0 Å². The van der Waals surface area contributed by atoms with Crippen LogP contribution >= 0.6 is 0 Å². The molecule has 0 atom stereocenters. The van der Waals surface area contributed by atoms with Gasteiger partial charge in [-0.2, -0.15) is 5.10 Å². The normalized spacial score (nSPS) is 8.62. The third-order valence-corrected chi connectivity index (χ3v) is 0.562. The molecule has 0 aliphatic carbocycles. The molecule has 0 unspecified atom stereocenters. The number of nitrogens with zero attached hydrogens (tertiary/aromatic N) is 1. The molecule has 8 heavy (non-hydrogen) atoms. The molecule has 0 heterocycles. The molecular weight excluding hydrogens is 106 g/mol. The molecular formula is C4H11N3O. The molecule has 0 radical (unpaired) electrons. The van der Waals surface area contributed by atoms with Crippen LogP contribution < -0.4 is 10.7 Å². The van der Waals surface area contributed by atoms with Gasteiger partial charge in [-0.25, -0.2) is 0 Å². The molecule has 0 rings (SSSR count). The molecule has 4 heteroatoms. The van der Waals surface area contributed by atoms with Crippen LogP contribution in [0.3, 0.4) is 0 Å². The first-order valence-corrected chi connectivity index (χ1v) is 2.30. The van der Waals surface area contributed by atoms with Crippen LogP contribution in [0.5, 0.6) is 0 Å². The van der Waals surface area contributed by atoms with E-state index in [9.17, 15) is 0 Å². The lowest BCUT2D eigenvalue weighted by molar-refractivity contribution is 0.173. The van der Waals surface area contributed by atoms with Crippen molar-refractivity contribution in [1.29, 1.82) is 0 Å². The fourth-order valence-corrected chi connectivity index (χ4v) is 0.265. The van der Waals surface area contributed by atoms with Crippen molar-refractivity contribution in [2.75, 3.05) is 20.5 Å². The molecule has 0 aliphatic heterocycles. The minimum absolute atomic E-state index is 0.530. The number of nitrogens with one attached hydrogen (secondary N) is 2. The second kappa shape index (κ2) is 6.39. The molecule has 2 N–H and O–H groups in total. The third-order valence-electron chi connectivity index (χ3n) is 0.562. The van der Waals surface area contributed by atoms with Gasteiger partial charge in [0.25, 0.3) is 0 Å². The zero-order valence-electron chi connectivity index (χ0n) is 4.98. The zero-order chi connectivity index (χ0) is 6.24. The van der Waals surface area contributed by atoms with Crippen LogP contribution in [-0.4, -0.2) is 27.2 Å². The van der Waals surface area contributed by atoms with Crippen LogP contribution in [0.25, 0.3) is 0 Å². The predicted octanol–water partition coefficient (Wildman–Crippen LogP) is -0.657. The fourth-order valence-electron chi connectivity index (χ4n) is 0.265. The Hall–Kier alpha value is -0.610. The van der Waals surface area contributed by atoms with Crippen LogP contribution in [-0.2, 0) is 4.74 Å². The Bertz CT molecular complexity index is 57.2. The van der Waals surface area contributed by atoms with E-state index in [0.29, 0.717) is 13.4 Å². The molecule has 0 spiro atoms. The summed E-state index contributed by atoms with van der Waals surface area (Å²) in [6.45, 7) is 4.34. The average Bonchev–Trinajstić information content (AvgIpc) is 1.81. The minimum Gasteiger partial charge on any atom is -0.369 e. The Labute approximate surface area is 48.9 Å². The summed E-state index contributed by atoms with van der Waals surface area (Å²) in [4.78, 5) is 0. The van der Waals surface area contributed by atoms with Gasteiger partial charge in [-0.15, -0.1) is 0 Å². The number of hydrogen-bond acceptors (Lipinski definition) is 4. The van der Waals surface area contributed by atoms with Crippen molar-refractivity contribution in [1.82, 2.24) is 10.7 Å².